The van der Waals surface area contributed by atoms with Crippen LogP contribution in [-0.4, -0.2) is 27.1 Å². The van der Waals surface area contributed by atoms with Gasteiger partial charge in [-0.3, -0.25) is 9.89 Å². The largest absolute Gasteiger partial charge is 0.347 e. The molecule has 0 aliphatic heterocycles. The van der Waals surface area contributed by atoms with Crippen LogP contribution in [0.1, 0.15) is 26.6 Å². The van der Waals surface area contributed by atoms with Gasteiger partial charge < -0.3 is 11.1 Å². The molecule has 1 aromatic heterocycles. The van der Waals surface area contributed by atoms with E-state index in [1.165, 1.54) is 6.33 Å². The van der Waals surface area contributed by atoms with Crippen molar-refractivity contribution in [3.8, 4) is 0 Å². The summed E-state index contributed by atoms with van der Waals surface area (Å²) in [5, 5.41) is 9.02. The van der Waals surface area contributed by atoms with Crippen LogP contribution in [0.4, 0.5) is 0 Å². The van der Waals surface area contributed by atoms with Gasteiger partial charge >= 0.3 is 0 Å². The number of carbonyl (C=O) groups excluding carboxylic acids is 1. The van der Waals surface area contributed by atoms with Crippen LogP contribution in [0.5, 0.6) is 0 Å². The highest BCUT2D eigenvalue weighted by atomic mass is 16.2. The number of amides is 1. The Balaban J connectivity index is 2.43. The van der Waals surface area contributed by atoms with E-state index < -0.39 is 6.04 Å². The van der Waals surface area contributed by atoms with Crippen molar-refractivity contribution in [2.75, 3.05) is 0 Å². The smallest absolute Gasteiger partial charge is 0.237 e. The first kappa shape index (κ1) is 11.6. The van der Waals surface area contributed by atoms with Gasteiger partial charge in [0, 0.05) is 0 Å². The Bertz CT molecular complexity index is 314. The minimum atomic E-state index is -0.527. The number of hydrogen-bond acceptors (Lipinski definition) is 4. The Kier molecular flexibility index (Phi) is 3.41. The molecule has 0 radical (unpaired) electrons. The first-order chi connectivity index (χ1) is 6.91. The predicted molar refractivity (Wildman–Crippen MR) is 55.7 cm³/mol. The molecule has 0 aromatic carbocycles. The summed E-state index contributed by atoms with van der Waals surface area (Å²) in [5.41, 5.74) is 5.53. The summed E-state index contributed by atoms with van der Waals surface area (Å²) in [5.74, 6) is 0.434. The van der Waals surface area contributed by atoms with Crippen LogP contribution in [0, 0.1) is 5.41 Å². The van der Waals surface area contributed by atoms with E-state index >= 15 is 0 Å². The Morgan fingerprint density at radius 1 is 1.67 bits per heavy atom. The minimum absolute atomic E-state index is 0.182. The maximum Gasteiger partial charge on any atom is 0.237 e. The van der Waals surface area contributed by atoms with Crippen LogP contribution < -0.4 is 11.1 Å². The van der Waals surface area contributed by atoms with Crippen molar-refractivity contribution in [3.05, 3.63) is 12.2 Å². The third kappa shape index (κ3) is 3.32. The molecule has 0 saturated carbocycles. The van der Waals surface area contributed by atoms with E-state index in [2.05, 4.69) is 20.5 Å². The number of nitrogens with one attached hydrogen (secondary N) is 2. The molecule has 0 saturated heterocycles. The average molecular weight is 211 g/mol. The van der Waals surface area contributed by atoms with E-state index in [-0.39, 0.29) is 11.3 Å². The minimum Gasteiger partial charge on any atom is -0.347 e. The third-order valence-electron chi connectivity index (χ3n) is 2.11. The molecule has 0 fully saturated rings. The molecule has 6 nitrogen and oxygen atoms in total. The van der Waals surface area contributed by atoms with Gasteiger partial charge in [-0.25, -0.2) is 4.98 Å². The summed E-state index contributed by atoms with van der Waals surface area (Å²) >= 11 is 0. The number of nitrogens with two attached hydrogens (primary N) is 1. The summed E-state index contributed by atoms with van der Waals surface area (Å²) in [4.78, 5) is 15.5. The molecule has 4 N–H and O–H groups in total. The number of hydrogen-bond donors (Lipinski definition) is 3. The van der Waals surface area contributed by atoms with Crippen molar-refractivity contribution < 1.29 is 4.79 Å². The standard InChI is InChI=1S/C9H17N5O/c1-9(2,3)7(10)8(15)11-4-6-12-5-13-14-6/h5,7H,4,10H2,1-3H3,(H,11,15)(H,12,13,14)/t7-/m0/s1. The van der Waals surface area contributed by atoms with Crippen molar-refractivity contribution in [2.24, 2.45) is 11.1 Å². The molecule has 0 aliphatic rings. The lowest BCUT2D eigenvalue weighted by Crippen LogP contribution is -2.48. The number of rotatable bonds is 3. The highest BCUT2D eigenvalue weighted by Crippen LogP contribution is 2.17. The fraction of sp³-hybridized carbons (Fsp3) is 0.667. The van der Waals surface area contributed by atoms with Crippen molar-refractivity contribution in [1.82, 2.24) is 20.5 Å². The second kappa shape index (κ2) is 4.39. The van der Waals surface area contributed by atoms with Crippen LogP contribution in [0.15, 0.2) is 6.33 Å². The van der Waals surface area contributed by atoms with Gasteiger partial charge in [0.2, 0.25) is 5.91 Å². The van der Waals surface area contributed by atoms with E-state index in [0.29, 0.717) is 12.4 Å². The molecule has 0 aliphatic carbocycles. The van der Waals surface area contributed by atoms with Crippen molar-refractivity contribution in [3.63, 3.8) is 0 Å². The van der Waals surface area contributed by atoms with Crippen molar-refractivity contribution >= 4 is 5.91 Å². The molecule has 6 heteroatoms. The topological polar surface area (TPSA) is 96.7 Å². The molecule has 15 heavy (non-hydrogen) atoms. The van der Waals surface area contributed by atoms with Gasteiger partial charge in [0.15, 0.2) is 0 Å². The first-order valence-electron chi connectivity index (χ1n) is 4.79. The molecule has 0 bridgehead atoms. The quantitative estimate of drug-likeness (QED) is 0.644. The maximum atomic E-state index is 11.6. The maximum absolute atomic E-state index is 11.6. The van der Waals surface area contributed by atoms with E-state index in [9.17, 15) is 4.79 Å². The molecular weight excluding hydrogens is 194 g/mol. The molecule has 1 atom stereocenters. The van der Waals surface area contributed by atoms with Gasteiger partial charge in [-0.2, -0.15) is 5.10 Å². The summed E-state index contributed by atoms with van der Waals surface area (Å²) in [6.45, 7) is 6.09. The van der Waals surface area contributed by atoms with Crippen LogP contribution >= 0.6 is 0 Å². The number of aromatic nitrogens is 3. The van der Waals surface area contributed by atoms with E-state index in [4.69, 9.17) is 5.73 Å². The first-order valence-corrected chi connectivity index (χ1v) is 4.79. The summed E-state index contributed by atoms with van der Waals surface area (Å²) < 4.78 is 0. The molecule has 1 heterocycles. The van der Waals surface area contributed by atoms with Gasteiger partial charge in [0.25, 0.3) is 0 Å². The Hall–Kier alpha value is -1.43. The Morgan fingerprint density at radius 3 is 2.80 bits per heavy atom. The van der Waals surface area contributed by atoms with Crippen molar-refractivity contribution in [1.29, 1.82) is 0 Å². The van der Waals surface area contributed by atoms with E-state index in [0.717, 1.165) is 0 Å². The fourth-order valence-electron chi connectivity index (χ4n) is 0.990. The molecule has 0 unspecified atom stereocenters. The third-order valence-corrected chi connectivity index (χ3v) is 2.11. The monoisotopic (exact) mass is 211 g/mol. The molecule has 1 amide bonds. The van der Waals surface area contributed by atoms with Gasteiger partial charge in [0.05, 0.1) is 12.6 Å². The lowest BCUT2D eigenvalue weighted by Gasteiger charge is -2.25. The van der Waals surface area contributed by atoms with Gasteiger partial charge in [-0.05, 0) is 5.41 Å². The predicted octanol–water partition coefficient (Wildman–Crippen LogP) is -0.206. The van der Waals surface area contributed by atoms with Crippen LogP contribution in [-0.2, 0) is 11.3 Å². The van der Waals surface area contributed by atoms with Crippen LogP contribution in [0.3, 0.4) is 0 Å². The van der Waals surface area contributed by atoms with Crippen LogP contribution in [0.25, 0.3) is 0 Å². The summed E-state index contributed by atoms with van der Waals surface area (Å²) in [7, 11) is 0. The van der Waals surface area contributed by atoms with Gasteiger partial charge in [-0.15, -0.1) is 0 Å². The summed E-state index contributed by atoms with van der Waals surface area (Å²) in [6, 6.07) is -0.527. The summed E-state index contributed by atoms with van der Waals surface area (Å²) in [6.07, 6.45) is 1.39. The van der Waals surface area contributed by atoms with E-state index in [1.807, 2.05) is 20.8 Å². The van der Waals surface area contributed by atoms with E-state index in [1.54, 1.807) is 0 Å². The zero-order valence-corrected chi connectivity index (χ0v) is 9.24. The lowest BCUT2D eigenvalue weighted by molar-refractivity contribution is -0.124. The Morgan fingerprint density at radius 2 is 2.33 bits per heavy atom. The highest BCUT2D eigenvalue weighted by Gasteiger charge is 2.27. The molecule has 1 rings (SSSR count). The molecular formula is C9H17N5O. The van der Waals surface area contributed by atoms with Gasteiger partial charge in [0.1, 0.15) is 12.2 Å². The zero-order valence-electron chi connectivity index (χ0n) is 9.24. The SMILES string of the molecule is CC(C)(C)[C@@H](N)C(=O)NCc1ncn[nH]1. The average Bonchev–Trinajstić information content (AvgIpc) is 2.63. The molecule has 84 valence electrons. The van der Waals surface area contributed by atoms with Crippen LogP contribution in [0.2, 0.25) is 0 Å². The highest BCUT2D eigenvalue weighted by molar-refractivity contribution is 5.82. The molecule has 1 aromatic rings. The fourth-order valence-corrected chi connectivity index (χ4v) is 0.990. The second-order valence-corrected chi connectivity index (χ2v) is 4.49. The Labute approximate surface area is 88.7 Å². The number of nitrogens with zero attached hydrogens (tertiary/aromatic N) is 2. The second-order valence-electron chi connectivity index (χ2n) is 4.49. The zero-order chi connectivity index (χ0) is 11.5. The lowest BCUT2D eigenvalue weighted by atomic mass is 9.87. The van der Waals surface area contributed by atoms with Crippen molar-refractivity contribution in [2.45, 2.75) is 33.4 Å². The molecule has 0 spiro atoms. The normalized spacial score (nSPS) is 13.6. The van der Waals surface area contributed by atoms with Gasteiger partial charge in [-0.1, -0.05) is 20.8 Å². The number of carbonyl (C=O) groups is 1. The number of aromatic amines is 1. The number of H-pyrrole nitrogens is 1.